The van der Waals surface area contributed by atoms with E-state index in [1.807, 2.05) is 20.8 Å². The number of benzene rings is 1. The lowest BCUT2D eigenvalue weighted by Gasteiger charge is -2.15. The normalized spacial score (nSPS) is 11.0. The molecule has 1 N–H and O–H groups in total. The third kappa shape index (κ3) is 4.01. The number of ether oxygens (including phenoxy) is 1. The van der Waals surface area contributed by atoms with Crippen LogP contribution in [0.1, 0.15) is 42.4 Å². The molecule has 2 aromatic rings. The van der Waals surface area contributed by atoms with E-state index < -0.39 is 0 Å². The Morgan fingerprint density at radius 1 is 1.27 bits per heavy atom. The van der Waals surface area contributed by atoms with Gasteiger partial charge in [0.2, 0.25) is 5.88 Å². The molecule has 118 valence electrons. The van der Waals surface area contributed by atoms with Crippen LogP contribution in [0, 0.1) is 12.7 Å². The highest BCUT2D eigenvalue weighted by Gasteiger charge is 2.14. The van der Waals surface area contributed by atoms with Crippen molar-refractivity contribution in [1.82, 2.24) is 9.97 Å². The van der Waals surface area contributed by atoms with Crippen molar-refractivity contribution in [1.29, 1.82) is 0 Å². The van der Waals surface area contributed by atoms with Gasteiger partial charge in [-0.2, -0.15) is 4.98 Å². The van der Waals surface area contributed by atoms with E-state index in [1.165, 1.54) is 12.1 Å². The minimum Gasteiger partial charge on any atom is -0.473 e. The topological polar surface area (TPSA) is 55.2 Å². The lowest BCUT2D eigenvalue weighted by Crippen LogP contribution is -2.10. The predicted octanol–water partition coefficient (Wildman–Crippen LogP) is 3.16. The first-order valence-corrected chi connectivity index (χ1v) is 7.36. The van der Waals surface area contributed by atoms with E-state index in [1.54, 1.807) is 12.1 Å². The summed E-state index contributed by atoms with van der Waals surface area (Å²) in [4.78, 5) is 8.91. The standard InChI is InChI=1S/C17H21FN2O2/c1-11(2)16-19-12(3)15(7-8-21)17(20-16)22-10-13-5-4-6-14(18)9-13/h4-6,9,11,21H,7-8,10H2,1-3H3. The van der Waals surface area contributed by atoms with Crippen LogP contribution in [0.25, 0.3) is 0 Å². The Morgan fingerprint density at radius 2 is 2.05 bits per heavy atom. The Labute approximate surface area is 130 Å². The average Bonchev–Trinajstić information content (AvgIpc) is 2.47. The number of hydrogen-bond acceptors (Lipinski definition) is 4. The zero-order chi connectivity index (χ0) is 16.1. The van der Waals surface area contributed by atoms with Crippen LogP contribution in [-0.2, 0) is 13.0 Å². The molecule has 0 atom stereocenters. The molecule has 2 rings (SSSR count). The van der Waals surface area contributed by atoms with Crippen molar-refractivity contribution >= 4 is 0 Å². The Morgan fingerprint density at radius 3 is 2.68 bits per heavy atom. The molecule has 22 heavy (non-hydrogen) atoms. The zero-order valence-electron chi connectivity index (χ0n) is 13.1. The molecule has 0 aliphatic rings. The Bertz CT molecular complexity index is 645. The van der Waals surface area contributed by atoms with E-state index in [0.29, 0.717) is 18.1 Å². The van der Waals surface area contributed by atoms with Crippen LogP contribution in [0.4, 0.5) is 4.39 Å². The minimum atomic E-state index is -0.293. The summed E-state index contributed by atoms with van der Waals surface area (Å²) in [6.45, 7) is 6.13. The highest BCUT2D eigenvalue weighted by molar-refractivity contribution is 5.31. The van der Waals surface area contributed by atoms with Gasteiger partial charge in [-0.1, -0.05) is 26.0 Å². The molecule has 5 heteroatoms. The fourth-order valence-corrected chi connectivity index (χ4v) is 2.15. The van der Waals surface area contributed by atoms with Crippen LogP contribution in [0.2, 0.25) is 0 Å². The van der Waals surface area contributed by atoms with Crippen LogP contribution in [-0.4, -0.2) is 21.7 Å². The van der Waals surface area contributed by atoms with Gasteiger partial charge in [0.15, 0.2) is 0 Å². The van der Waals surface area contributed by atoms with Gasteiger partial charge in [0.1, 0.15) is 18.2 Å². The van der Waals surface area contributed by atoms with Crippen molar-refractivity contribution in [2.24, 2.45) is 0 Å². The fraction of sp³-hybridized carbons (Fsp3) is 0.412. The van der Waals surface area contributed by atoms with E-state index in [9.17, 15) is 9.50 Å². The number of aliphatic hydroxyl groups is 1. The third-order valence-corrected chi connectivity index (χ3v) is 3.34. The number of nitrogens with zero attached hydrogens (tertiary/aromatic N) is 2. The molecule has 0 unspecified atom stereocenters. The summed E-state index contributed by atoms with van der Waals surface area (Å²) in [6.07, 6.45) is 0.433. The Balaban J connectivity index is 2.27. The van der Waals surface area contributed by atoms with E-state index in [4.69, 9.17) is 4.74 Å². The van der Waals surface area contributed by atoms with Gasteiger partial charge in [-0.05, 0) is 24.6 Å². The number of aryl methyl sites for hydroxylation is 1. The summed E-state index contributed by atoms with van der Waals surface area (Å²) in [7, 11) is 0. The van der Waals surface area contributed by atoms with Crippen molar-refractivity contribution in [2.75, 3.05) is 6.61 Å². The largest absolute Gasteiger partial charge is 0.473 e. The summed E-state index contributed by atoms with van der Waals surface area (Å²) in [5.41, 5.74) is 2.34. The van der Waals surface area contributed by atoms with Gasteiger partial charge in [0.25, 0.3) is 0 Å². The summed E-state index contributed by atoms with van der Waals surface area (Å²) < 4.78 is 19.0. The van der Waals surface area contributed by atoms with Gasteiger partial charge in [-0.15, -0.1) is 0 Å². The molecule has 0 fully saturated rings. The van der Waals surface area contributed by atoms with E-state index in [2.05, 4.69) is 9.97 Å². The van der Waals surface area contributed by atoms with Crippen molar-refractivity contribution in [3.05, 3.63) is 52.7 Å². The average molecular weight is 304 g/mol. The minimum absolute atomic E-state index is 0.00154. The second kappa shape index (κ2) is 7.31. The third-order valence-electron chi connectivity index (χ3n) is 3.34. The molecule has 1 aromatic carbocycles. The molecule has 4 nitrogen and oxygen atoms in total. The predicted molar refractivity (Wildman–Crippen MR) is 82.4 cm³/mol. The number of halogens is 1. The SMILES string of the molecule is Cc1nc(C(C)C)nc(OCc2cccc(F)c2)c1CCO. The highest BCUT2D eigenvalue weighted by atomic mass is 19.1. The fourth-order valence-electron chi connectivity index (χ4n) is 2.15. The molecule has 0 spiro atoms. The van der Waals surface area contributed by atoms with Crippen molar-refractivity contribution in [3.8, 4) is 5.88 Å². The van der Waals surface area contributed by atoms with Crippen LogP contribution in [0.5, 0.6) is 5.88 Å². The van der Waals surface area contributed by atoms with Gasteiger partial charge in [0, 0.05) is 30.2 Å². The van der Waals surface area contributed by atoms with Crippen LogP contribution in [0.15, 0.2) is 24.3 Å². The molecular formula is C17H21FN2O2. The molecule has 0 saturated heterocycles. The lowest BCUT2D eigenvalue weighted by atomic mass is 10.1. The molecule has 0 aliphatic heterocycles. The van der Waals surface area contributed by atoms with Crippen LogP contribution < -0.4 is 4.74 Å². The van der Waals surface area contributed by atoms with E-state index >= 15 is 0 Å². The van der Waals surface area contributed by atoms with Gasteiger partial charge in [-0.25, -0.2) is 9.37 Å². The lowest BCUT2D eigenvalue weighted by molar-refractivity contribution is 0.273. The first kappa shape index (κ1) is 16.4. The first-order chi connectivity index (χ1) is 10.5. The Kier molecular flexibility index (Phi) is 5.44. The van der Waals surface area contributed by atoms with Crippen molar-refractivity contribution in [2.45, 2.75) is 39.7 Å². The smallest absolute Gasteiger partial charge is 0.220 e. The number of aliphatic hydroxyl groups excluding tert-OH is 1. The first-order valence-electron chi connectivity index (χ1n) is 7.36. The number of rotatable bonds is 6. The highest BCUT2D eigenvalue weighted by Crippen LogP contribution is 2.23. The van der Waals surface area contributed by atoms with Gasteiger partial charge < -0.3 is 9.84 Å². The maximum Gasteiger partial charge on any atom is 0.220 e. The number of aromatic nitrogens is 2. The maximum atomic E-state index is 13.2. The van der Waals surface area contributed by atoms with Gasteiger partial charge in [0.05, 0.1) is 0 Å². The maximum absolute atomic E-state index is 13.2. The molecule has 0 aliphatic carbocycles. The molecule has 0 bridgehead atoms. The molecule has 1 aromatic heterocycles. The van der Waals surface area contributed by atoms with Crippen LogP contribution in [0.3, 0.4) is 0 Å². The second-order valence-electron chi connectivity index (χ2n) is 5.50. The quantitative estimate of drug-likeness (QED) is 0.890. The van der Waals surface area contributed by atoms with Crippen LogP contribution >= 0.6 is 0 Å². The molecule has 0 amide bonds. The molecule has 0 saturated carbocycles. The molecule has 0 radical (unpaired) electrons. The Hall–Kier alpha value is -2.01. The van der Waals surface area contributed by atoms with Crippen molar-refractivity contribution in [3.63, 3.8) is 0 Å². The summed E-state index contributed by atoms with van der Waals surface area (Å²) in [6, 6.07) is 6.27. The van der Waals surface area contributed by atoms with Gasteiger partial charge in [-0.3, -0.25) is 0 Å². The monoisotopic (exact) mass is 304 g/mol. The van der Waals surface area contributed by atoms with Crippen molar-refractivity contribution < 1.29 is 14.2 Å². The second-order valence-corrected chi connectivity index (χ2v) is 5.50. The zero-order valence-corrected chi connectivity index (χ0v) is 13.1. The molecule has 1 heterocycles. The van der Waals surface area contributed by atoms with Gasteiger partial charge >= 0.3 is 0 Å². The summed E-state index contributed by atoms with van der Waals surface area (Å²) >= 11 is 0. The summed E-state index contributed by atoms with van der Waals surface area (Å²) in [5.74, 6) is 1.06. The number of hydrogen-bond donors (Lipinski definition) is 1. The molecular weight excluding hydrogens is 283 g/mol. The summed E-state index contributed by atoms with van der Waals surface area (Å²) in [5, 5.41) is 9.21. The van der Waals surface area contributed by atoms with E-state index in [0.717, 1.165) is 16.8 Å². The van der Waals surface area contributed by atoms with E-state index in [-0.39, 0.29) is 24.9 Å².